The zero-order valence-electron chi connectivity index (χ0n) is 11.9. The quantitative estimate of drug-likeness (QED) is 0.877. The normalized spacial score (nSPS) is 10.6. The van der Waals surface area contributed by atoms with Crippen LogP contribution in [-0.2, 0) is 13.1 Å². The van der Waals surface area contributed by atoms with E-state index in [1.54, 1.807) is 12.1 Å². The summed E-state index contributed by atoms with van der Waals surface area (Å²) in [7, 11) is 1.96. The minimum Gasteiger partial charge on any atom is -0.355 e. The van der Waals surface area contributed by atoms with Gasteiger partial charge in [-0.05, 0) is 35.9 Å². The van der Waals surface area contributed by atoms with Crippen LogP contribution in [0.15, 0.2) is 42.6 Å². The fourth-order valence-corrected chi connectivity index (χ4v) is 2.01. The van der Waals surface area contributed by atoms with E-state index >= 15 is 0 Å². The largest absolute Gasteiger partial charge is 0.355 e. The third kappa shape index (κ3) is 4.03. The number of nitrogens with zero attached hydrogens (tertiary/aromatic N) is 2. The number of pyridine rings is 1. The van der Waals surface area contributed by atoms with Crippen LogP contribution in [-0.4, -0.2) is 18.6 Å². The summed E-state index contributed by atoms with van der Waals surface area (Å²) < 4.78 is 13.2. The van der Waals surface area contributed by atoms with Crippen molar-refractivity contribution < 1.29 is 4.39 Å². The fraction of sp³-hybridized carbons (Fsp3) is 0.312. The molecule has 1 aromatic carbocycles. The average molecular weight is 273 g/mol. The topological polar surface area (TPSA) is 28.2 Å². The minimum absolute atomic E-state index is 0.204. The first-order chi connectivity index (χ1) is 9.69. The average Bonchev–Trinajstić information content (AvgIpc) is 2.45. The smallest absolute Gasteiger partial charge is 0.128 e. The standard InChI is InChI=1S/C16H20FN3/c1-3-18-10-14-7-8-16(19-11-14)20(2)12-13-5-4-6-15(17)9-13/h4-9,11,18H,3,10,12H2,1-2H3. The number of nitrogens with one attached hydrogen (secondary N) is 1. The molecule has 0 bridgehead atoms. The van der Waals surface area contributed by atoms with Gasteiger partial charge in [0, 0.05) is 26.3 Å². The summed E-state index contributed by atoms with van der Waals surface area (Å²) in [5.41, 5.74) is 2.10. The molecule has 0 saturated heterocycles. The Hall–Kier alpha value is -1.94. The summed E-state index contributed by atoms with van der Waals surface area (Å²) in [6.45, 7) is 4.49. The van der Waals surface area contributed by atoms with Gasteiger partial charge in [-0.1, -0.05) is 25.1 Å². The Bertz CT molecular complexity index is 540. The highest BCUT2D eigenvalue weighted by molar-refractivity contribution is 5.39. The van der Waals surface area contributed by atoms with Gasteiger partial charge >= 0.3 is 0 Å². The van der Waals surface area contributed by atoms with Crippen molar-refractivity contribution in [1.29, 1.82) is 0 Å². The number of rotatable bonds is 6. The second-order valence-electron chi connectivity index (χ2n) is 4.79. The van der Waals surface area contributed by atoms with Crippen LogP contribution in [0.5, 0.6) is 0 Å². The van der Waals surface area contributed by atoms with Crippen molar-refractivity contribution in [3.8, 4) is 0 Å². The van der Waals surface area contributed by atoms with Crippen molar-refractivity contribution in [1.82, 2.24) is 10.3 Å². The highest BCUT2D eigenvalue weighted by atomic mass is 19.1. The van der Waals surface area contributed by atoms with E-state index in [9.17, 15) is 4.39 Å². The zero-order chi connectivity index (χ0) is 14.4. The maximum Gasteiger partial charge on any atom is 0.128 e. The van der Waals surface area contributed by atoms with Gasteiger partial charge in [-0.25, -0.2) is 9.37 Å². The van der Waals surface area contributed by atoms with Gasteiger partial charge in [0.1, 0.15) is 11.6 Å². The maximum absolute atomic E-state index is 13.2. The molecule has 0 aliphatic carbocycles. The molecule has 1 heterocycles. The van der Waals surface area contributed by atoms with Gasteiger partial charge in [0.2, 0.25) is 0 Å². The van der Waals surface area contributed by atoms with Gasteiger partial charge in [0.05, 0.1) is 0 Å². The number of hydrogen-bond donors (Lipinski definition) is 1. The Morgan fingerprint density at radius 3 is 2.70 bits per heavy atom. The molecule has 1 N–H and O–H groups in total. The molecule has 0 fully saturated rings. The first kappa shape index (κ1) is 14.5. The molecule has 2 aromatic rings. The lowest BCUT2D eigenvalue weighted by molar-refractivity contribution is 0.625. The summed E-state index contributed by atoms with van der Waals surface area (Å²) >= 11 is 0. The van der Waals surface area contributed by atoms with Crippen LogP contribution in [0, 0.1) is 5.82 Å². The Morgan fingerprint density at radius 2 is 2.05 bits per heavy atom. The second-order valence-corrected chi connectivity index (χ2v) is 4.79. The third-order valence-corrected chi connectivity index (χ3v) is 3.09. The highest BCUT2D eigenvalue weighted by Gasteiger charge is 2.04. The molecule has 1 aromatic heterocycles. The molecule has 0 spiro atoms. The molecule has 20 heavy (non-hydrogen) atoms. The van der Waals surface area contributed by atoms with Crippen LogP contribution in [0.2, 0.25) is 0 Å². The lowest BCUT2D eigenvalue weighted by Crippen LogP contribution is -2.18. The minimum atomic E-state index is -0.204. The molecule has 0 aliphatic rings. The summed E-state index contributed by atoms with van der Waals surface area (Å²) in [5, 5.41) is 3.26. The van der Waals surface area contributed by atoms with E-state index in [4.69, 9.17) is 0 Å². The van der Waals surface area contributed by atoms with Crippen LogP contribution in [0.3, 0.4) is 0 Å². The fourth-order valence-electron chi connectivity index (χ4n) is 2.01. The van der Waals surface area contributed by atoms with E-state index in [1.165, 1.54) is 6.07 Å². The van der Waals surface area contributed by atoms with Crippen molar-refractivity contribution in [2.24, 2.45) is 0 Å². The Labute approximate surface area is 119 Å². The number of aromatic nitrogens is 1. The van der Waals surface area contributed by atoms with Gasteiger partial charge in [-0.2, -0.15) is 0 Å². The van der Waals surface area contributed by atoms with Crippen LogP contribution < -0.4 is 10.2 Å². The molecule has 106 valence electrons. The molecule has 0 atom stereocenters. The van der Waals surface area contributed by atoms with E-state index in [1.807, 2.05) is 30.3 Å². The Kier molecular flexibility index (Phi) is 5.07. The highest BCUT2D eigenvalue weighted by Crippen LogP contribution is 2.14. The van der Waals surface area contributed by atoms with E-state index in [0.29, 0.717) is 6.54 Å². The van der Waals surface area contributed by atoms with E-state index < -0.39 is 0 Å². The summed E-state index contributed by atoms with van der Waals surface area (Å²) in [5.74, 6) is 0.680. The molecule has 0 aliphatic heterocycles. The van der Waals surface area contributed by atoms with Crippen molar-refractivity contribution in [3.63, 3.8) is 0 Å². The molecule has 3 nitrogen and oxygen atoms in total. The van der Waals surface area contributed by atoms with Crippen LogP contribution in [0.4, 0.5) is 10.2 Å². The molecule has 4 heteroatoms. The SMILES string of the molecule is CCNCc1ccc(N(C)Cc2cccc(F)c2)nc1. The second kappa shape index (κ2) is 7.01. The van der Waals surface area contributed by atoms with Crippen molar-refractivity contribution in [3.05, 3.63) is 59.5 Å². The van der Waals surface area contributed by atoms with Gasteiger partial charge in [0.15, 0.2) is 0 Å². The maximum atomic E-state index is 13.2. The van der Waals surface area contributed by atoms with Crippen molar-refractivity contribution >= 4 is 5.82 Å². The Balaban J connectivity index is 2.00. The number of hydrogen-bond acceptors (Lipinski definition) is 3. The third-order valence-electron chi connectivity index (χ3n) is 3.09. The molecule has 2 rings (SSSR count). The van der Waals surface area contributed by atoms with Gasteiger partial charge in [0.25, 0.3) is 0 Å². The summed E-state index contributed by atoms with van der Waals surface area (Å²) in [4.78, 5) is 6.45. The van der Waals surface area contributed by atoms with Gasteiger partial charge in [-0.15, -0.1) is 0 Å². The van der Waals surface area contributed by atoms with Crippen LogP contribution in [0.1, 0.15) is 18.1 Å². The van der Waals surface area contributed by atoms with E-state index in [2.05, 4.69) is 23.3 Å². The summed E-state index contributed by atoms with van der Waals surface area (Å²) in [6.07, 6.45) is 1.88. The molecular formula is C16H20FN3. The first-order valence-corrected chi connectivity index (χ1v) is 6.80. The molecule has 0 saturated carbocycles. The summed E-state index contributed by atoms with van der Waals surface area (Å²) in [6, 6.07) is 10.7. The number of anilines is 1. The predicted molar refractivity (Wildman–Crippen MR) is 80.1 cm³/mol. The van der Waals surface area contributed by atoms with Crippen molar-refractivity contribution in [2.45, 2.75) is 20.0 Å². The lowest BCUT2D eigenvalue weighted by Gasteiger charge is -2.18. The van der Waals surface area contributed by atoms with Gasteiger partial charge in [-0.3, -0.25) is 0 Å². The molecule has 0 unspecified atom stereocenters. The van der Waals surface area contributed by atoms with E-state index in [-0.39, 0.29) is 5.82 Å². The van der Waals surface area contributed by atoms with Crippen LogP contribution >= 0.6 is 0 Å². The Morgan fingerprint density at radius 1 is 1.20 bits per heavy atom. The molecular weight excluding hydrogens is 253 g/mol. The first-order valence-electron chi connectivity index (χ1n) is 6.80. The van der Waals surface area contributed by atoms with Crippen molar-refractivity contribution in [2.75, 3.05) is 18.5 Å². The molecule has 0 amide bonds. The molecule has 0 radical (unpaired) electrons. The number of benzene rings is 1. The monoisotopic (exact) mass is 273 g/mol. The zero-order valence-corrected chi connectivity index (χ0v) is 11.9. The van der Waals surface area contributed by atoms with Gasteiger partial charge < -0.3 is 10.2 Å². The van der Waals surface area contributed by atoms with E-state index in [0.717, 1.165) is 30.0 Å². The predicted octanol–water partition coefficient (Wildman–Crippen LogP) is 2.97. The number of halogens is 1. The van der Waals surface area contributed by atoms with Crippen LogP contribution in [0.25, 0.3) is 0 Å². The lowest BCUT2D eigenvalue weighted by atomic mass is 10.2.